The molecular formula is C16H26N4O3. The van der Waals surface area contributed by atoms with E-state index in [0.29, 0.717) is 19.5 Å². The van der Waals surface area contributed by atoms with Gasteiger partial charge < -0.3 is 20.9 Å². The zero-order valence-corrected chi connectivity index (χ0v) is 13.7. The molecule has 0 aromatic heterocycles. The summed E-state index contributed by atoms with van der Waals surface area (Å²) in [6, 6.07) is -1.14. The van der Waals surface area contributed by atoms with Crippen molar-refractivity contribution in [1.82, 2.24) is 15.1 Å². The van der Waals surface area contributed by atoms with E-state index < -0.39 is 18.0 Å². The zero-order chi connectivity index (χ0) is 16.6. The van der Waals surface area contributed by atoms with Crippen LogP contribution < -0.4 is 11.1 Å². The first-order valence-electron chi connectivity index (χ1n) is 8.64. The van der Waals surface area contributed by atoms with E-state index >= 15 is 0 Å². The molecule has 3 amide bonds. The van der Waals surface area contributed by atoms with Crippen molar-refractivity contribution in [2.45, 2.75) is 57.2 Å². The Balaban J connectivity index is 1.76. The third-order valence-corrected chi connectivity index (χ3v) is 5.46. The van der Waals surface area contributed by atoms with Crippen LogP contribution in [0.5, 0.6) is 0 Å². The highest BCUT2D eigenvalue weighted by molar-refractivity contribution is 5.93. The van der Waals surface area contributed by atoms with E-state index in [2.05, 4.69) is 5.32 Å². The number of amides is 3. The third kappa shape index (κ3) is 2.94. The molecule has 0 radical (unpaired) electrons. The van der Waals surface area contributed by atoms with Gasteiger partial charge in [-0.1, -0.05) is 6.92 Å². The molecule has 7 heteroatoms. The van der Waals surface area contributed by atoms with Crippen molar-refractivity contribution in [3.8, 4) is 0 Å². The quantitative estimate of drug-likeness (QED) is 0.729. The van der Waals surface area contributed by atoms with E-state index in [1.165, 1.54) is 0 Å². The Labute approximate surface area is 136 Å². The fourth-order valence-corrected chi connectivity index (χ4v) is 4.16. The van der Waals surface area contributed by atoms with Gasteiger partial charge in [0.05, 0.1) is 6.04 Å². The lowest BCUT2D eigenvalue weighted by Gasteiger charge is -2.33. The number of hydrogen-bond acceptors (Lipinski definition) is 4. The van der Waals surface area contributed by atoms with Gasteiger partial charge in [-0.05, 0) is 44.6 Å². The van der Waals surface area contributed by atoms with E-state index in [1.807, 2.05) is 6.92 Å². The minimum Gasteiger partial charge on any atom is -0.368 e. The maximum Gasteiger partial charge on any atom is 0.246 e. The number of carbonyl (C=O) groups excluding carboxylic acids is 3. The molecule has 3 heterocycles. The first kappa shape index (κ1) is 16.2. The van der Waals surface area contributed by atoms with Gasteiger partial charge in [-0.3, -0.25) is 14.4 Å². The van der Waals surface area contributed by atoms with E-state index in [4.69, 9.17) is 5.73 Å². The lowest BCUT2D eigenvalue weighted by Crippen LogP contribution is -2.55. The molecule has 0 aromatic rings. The predicted molar refractivity (Wildman–Crippen MR) is 84.2 cm³/mol. The molecule has 3 fully saturated rings. The molecule has 4 atom stereocenters. The maximum absolute atomic E-state index is 13.0. The van der Waals surface area contributed by atoms with Gasteiger partial charge in [0.2, 0.25) is 17.7 Å². The Morgan fingerprint density at radius 2 is 1.78 bits per heavy atom. The van der Waals surface area contributed by atoms with Gasteiger partial charge in [0, 0.05) is 13.1 Å². The van der Waals surface area contributed by atoms with Crippen molar-refractivity contribution in [3.05, 3.63) is 0 Å². The number of nitrogens with zero attached hydrogens (tertiary/aromatic N) is 2. The van der Waals surface area contributed by atoms with Crippen molar-refractivity contribution in [2.24, 2.45) is 11.7 Å². The lowest BCUT2D eigenvalue weighted by molar-refractivity contribution is -0.147. The number of primary amides is 1. The van der Waals surface area contributed by atoms with Crippen LogP contribution in [0.15, 0.2) is 0 Å². The number of hydrogen-bond donors (Lipinski definition) is 2. The standard InChI is InChI=1S/C16H26N4O3/c1-10-6-9-20(15(22)11-4-2-7-18-11)13(10)16(23)19-8-3-5-12(19)14(17)21/h10-13,18H,2-9H2,1H3,(H2,17,21)/t10-,11+,12+,13+/m1/s1. The number of carbonyl (C=O) groups is 3. The lowest BCUT2D eigenvalue weighted by atomic mass is 10.0. The van der Waals surface area contributed by atoms with Crippen LogP contribution in [0.1, 0.15) is 39.0 Å². The van der Waals surface area contributed by atoms with Crippen LogP contribution in [-0.2, 0) is 14.4 Å². The van der Waals surface area contributed by atoms with Gasteiger partial charge in [-0.15, -0.1) is 0 Å². The van der Waals surface area contributed by atoms with Crippen LogP contribution in [0, 0.1) is 5.92 Å². The Bertz CT molecular complexity index is 504. The first-order chi connectivity index (χ1) is 11.0. The van der Waals surface area contributed by atoms with Crippen molar-refractivity contribution in [3.63, 3.8) is 0 Å². The topological polar surface area (TPSA) is 95.7 Å². The largest absolute Gasteiger partial charge is 0.368 e. The van der Waals surface area contributed by atoms with E-state index in [-0.39, 0.29) is 23.8 Å². The summed E-state index contributed by atoms with van der Waals surface area (Å²) < 4.78 is 0. The van der Waals surface area contributed by atoms with Crippen molar-refractivity contribution >= 4 is 17.7 Å². The Kier molecular flexibility index (Phi) is 4.57. The van der Waals surface area contributed by atoms with Crippen LogP contribution in [0.25, 0.3) is 0 Å². The fourth-order valence-electron chi connectivity index (χ4n) is 4.16. The van der Waals surface area contributed by atoms with Crippen molar-refractivity contribution in [2.75, 3.05) is 19.6 Å². The SMILES string of the molecule is C[C@@H]1CCN(C(=O)[C@@H]2CCCN2)[C@@H]1C(=O)N1CCC[C@H]1C(N)=O. The molecule has 23 heavy (non-hydrogen) atoms. The summed E-state index contributed by atoms with van der Waals surface area (Å²) in [6.07, 6.45) is 4.06. The second-order valence-corrected chi connectivity index (χ2v) is 6.98. The molecule has 0 saturated carbocycles. The molecular weight excluding hydrogens is 296 g/mol. The Morgan fingerprint density at radius 1 is 1.00 bits per heavy atom. The van der Waals surface area contributed by atoms with E-state index in [0.717, 1.165) is 32.2 Å². The minimum absolute atomic E-state index is 0.0278. The summed E-state index contributed by atoms with van der Waals surface area (Å²) >= 11 is 0. The smallest absolute Gasteiger partial charge is 0.246 e. The predicted octanol–water partition coefficient (Wildman–Crippen LogP) is -0.548. The molecule has 128 valence electrons. The monoisotopic (exact) mass is 322 g/mol. The molecule has 0 aromatic carbocycles. The highest BCUT2D eigenvalue weighted by Gasteiger charge is 2.46. The molecule has 3 N–H and O–H groups in total. The average Bonchev–Trinajstić information content (AvgIpc) is 3.26. The van der Waals surface area contributed by atoms with Gasteiger partial charge in [-0.2, -0.15) is 0 Å². The molecule has 0 aliphatic carbocycles. The molecule has 3 aliphatic heterocycles. The molecule has 3 saturated heterocycles. The average molecular weight is 322 g/mol. The van der Waals surface area contributed by atoms with Crippen LogP contribution in [0.4, 0.5) is 0 Å². The Hall–Kier alpha value is -1.63. The van der Waals surface area contributed by atoms with Crippen LogP contribution in [-0.4, -0.2) is 65.3 Å². The van der Waals surface area contributed by atoms with Gasteiger partial charge in [0.1, 0.15) is 12.1 Å². The summed E-state index contributed by atoms with van der Waals surface area (Å²) in [7, 11) is 0. The second kappa shape index (κ2) is 6.47. The van der Waals surface area contributed by atoms with Crippen LogP contribution >= 0.6 is 0 Å². The minimum atomic E-state index is -0.517. The highest BCUT2D eigenvalue weighted by atomic mass is 16.2. The molecule has 3 aliphatic rings. The van der Waals surface area contributed by atoms with E-state index in [9.17, 15) is 14.4 Å². The van der Waals surface area contributed by atoms with Gasteiger partial charge in [-0.25, -0.2) is 0 Å². The summed E-state index contributed by atoms with van der Waals surface area (Å²) in [6.45, 7) is 4.03. The molecule has 3 rings (SSSR count). The summed E-state index contributed by atoms with van der Waals surface area (Å²) in [5.74, 6) is -0.415. The maximum atomic E-state index is 13.0. The number of nitrogens with two attached hydrogens (primary N) is 1. The molecule has 7 nitrogen and oxygen atoms in total. The normalized spacial score (nSPS) is 34.1. The van der Waals surface area contributed by atoms with Crippen molar-refractivity contribution in [1.29, 1.82) is 0 Å². The molecule has 0 unspecified atom stereocenters. The number of rotatable bonds is 3. The van der Waals surface area contributed by atoms with Crippen molar-refractivity contribution < 1.29 is 14.4 Å². The summed E-state index contributed by atoms with van der Waals surface area (Å²) in [5.41, 5.74) is 5.43. The van der Waals surface area contributed by atoms with Crippen LogP contribution in [0.3, 0.4) is 0 Å². The summed E-state index contributed by atoms with van der Waals surface area (Å²) in [5, 5.41) is 3.21. The molecule has 0 bridgehead atoms. The number of nitrogens with one attached hydrogen (secondary N) is 1. The highest BCUT2D eigenvalue weighted by Crippen LogP contribution is 2.29. The molecule has 0 spiro atoms. The second-order valence-electron chi connectivity index (χ2n) is 6.98. The fraction of sp³-hybridized carbons (Fsp3) is 0.812. The number of likely N-dealkylation sites (tertiary alicyclic amines) is 2. The zero-order valence-electron chi connectivity index (χ0n) is 13.7. The first-order valence-corrected chi connectivity index (χ1v) is 8.64. The van der Waals surface area contributed by atoms with E-state index in [1.54, 1.807) is 9.80 Å². The Morgan fingerprint density at radius 3 is 2.43 bits per heavy atom. The van der Waals surface area contributed by atoms with Gasteiger partial charge in [0.15, 0.2) is 0 Å². The van der Waals surface area contributed by atoms with Gasteiger partial charge in [0.25, 0.3) is 0 Å². The third-order valence-electron chi connectivity index (χ3n) is 5.46. The van der Waals surface area contributed by atoms with Gasteiger partial charge >= 0.3 is 0 Å². The summed E-state index contributed by atoms with van der Waals surface area (Å²) in [4.78, 5) is 40.6. The van der Waals surface area contributed by atoms with Crippen LogP contribution in [0.2, 0.25) is 0 Å².